The molecule has 1 saturated carbocycles. The first-order valence-electron chi connectivity index (χ1n) is 10.2. The Kier molecular flexibility index (Phi) is 8.77. The summed E-state index contributed by atoms with van der Waals surface area (Å²) in [5.74, 6) is 0.353. The van der Waals surface area contributed by atoms with Crippen molar-refractivity contribution in [2.75, 3.05) is 6.54 Å². The molecule has 0 heterocycles. The molecule has 152 valence electrons. The van der Waals surface area contributed by atoms with Crippen molar-refractivity contribution < 1.29 is 13.2 Å². The van der Waals surface area contributed by atoms with Gasteiger partial charge in [-0.3, -0.25) is 4.79 Å². The molecule has 27 heavy (non-hydrogen) atoms. The first kappa shape index (κ1) is 21.9. The average Bonchev–Trinajstić information content (AvgIpc) is 2.61. The molecule has 0 saturated heterocycles. The van der Waals surface area contributed by atoms with Crippen molar-refractivity contribution in [3.05, 3.63) is 29.8 Å². The molecule has 0 unspecified atom stereocenters. The fourth-order valence-electron chi connectivity index (χ4n) is 3.35. The van der Waals surface area contributed by atoms with Crippen LogP contribution in [0.4, 0.5) is 0 Å². The van der Waals surface area contributed by atoms with E-state index in [1.54, 1.807) is 24.3 Å². The standard InChI is InChI=1S/C21H34N2O3S/c1-17(2)16-22-27(25,26)20-13-10-18(11-14-20)12-15-21(24)23-19-8-6-4-3-5-7-9-19/h10-11,13-14,17,19,22H,3-9,12,15-16H2,1-2H3,(H,23,24). The van der Waals surface area contributed by atoms with E-state index < -0.39 is 10.0 Å². The molecule has 2 N–H and O–H groups in total. The molecular weight excluding hydrogens is 360 g/mol. The number of aryl methyl sites for hydroxylation is 1. The summed E-state index contributed by atoms with van der Waals surface area (Å²) in [5, 5.41) is 3.17. The third-order valence-electron chi connectivity index (χ3n) is 5.03. The number of carbonyl (C=O) groups excluding carboxylic acids is 1. The molecule has 5 nitrogen and oxygen atoms in total. The maximum absolute atomic E-state index is 12.2. The van der Waals surface area contributed by atoms with Crippen LogP contribution in [0.2, 0.25) is 0 Å². The second kappa shape index (κ2) is 10.8. The van der Waals surface area contributed by atoms with Gasteiger partial charge in [-0.2, -0.15) is 0 Å². The highest BCUT2D eigenvalue weighted by Crippen LogP contribution is 2.17. The van der Waals surface area contributed by atoms with Crippen molar-refractivity contribution in [2.24, 2.45) is 5.92 Å². The summed E-state index contributed by atoms with van der Waals surface area (Å²) in [6.45, 7) is 4.35. The molecule has 0 aromatic heterocycles. The van der Waals surface area contributed by atoms with E-state index in [2.05, 4.69) is 10.0 Å². The van der Waals surface area contributed by atoms with Gasteiger partial charge in [0.2, 0.25) is 15.9 Å². The number of rotatable bonds is 8. The number of sulfonamides is 1. The Hall–Kier alpha value is -1.40. The van der Waals surface area contributed by atoms with Gasteiger partial charge in [0.15, 0.2) is 0 Å². The van der Waals surface area contributed by atoms with Gasteiger partial charge in [-0.25, -0.2) is 13.1 Å². The Bertz CT molecular complexity index is 676. The highest BCUT2D eigenvalue weighted by molar-refractivity contribution is 7.89. The Labute approximate surface area is 164 Å². The van der Waals surface area contributed by atoms with Crippen LogP contribution in [0.3, 0.4) is 0 Å². The molecule has 1 amide bonds. The predicted octanol–water partition coefficient (Wildman–Crippen LogP) is 3.78. The predicted molar refractivity (Wildman–Crippen MR) is 109 cm³/mol. The summed E-state index contributed by atoms with van der Waals surface area (Å²) in [4.78, 5) is 12.5. The topological polar surface area (TPSA) is 75.3 Å². The first-order valence-corrected chi connectivity index (χ1v) is 11.7. The normalized spacial score (nSPS) is 16.7. The van der Waals surface area contributed by atoms with Crippen LogP contribution in [-0.2, 0) is 21.2 Å². The second-order valence-electron chi connectivity index (χ2n) is 8.00. The summed E-state index contributed by atoms with van der Waals surface area (Å²) in [6.07, 6.45) is 9.49. The van der Waals surface area contributed by atoms with E-state index in [-0.39, 0.29) is 16.7 Å². The molecule has 1 aromatic rings. The minimum Gasteiger partial charge on any atom is -0.353 e. The smallest absolute Gasteiger partial charge is 0.240 e. The summed E-state index contributed by atoms with van der Waals surface area (Å²) in [7, 11) is -3.46. The van der Waals surface area contributed by atoms with Crippen LogP contribution < -0.4 is 10.0 Å². The van der Waals surface area contributed by atoms with E-state index in [1.165, 1.54) is 32.1 Å². The monoisotopic (exact) mass is 394 g/mol. The van der Waals surface area contributed by atoms with Crippen LogP contribution in [-0.4, -0.2) is 26.9 Å². The molecule has 6 heteroatoms. The molecule has 1 aliphatic carbocycles. The highest BCUT2D eigenvalue weighted by Gasteiger charge is 2.15. The Morgan fingerprint density at radius 2 is 1.63 bits per heavy atom. The molecule has 0 bridgehead atoms. The van der Waals surface area contributed by atoms with Gasteiger partial charge in [0.1, 0.15) is 0 Å². The van der Waals surface area contributed by atoms with Gasteiger partial charge in [-0.1, -0.05) is 58.1 Å². The van der Waals surface area contributed by atoms with Gasteiger partial charge < -0.3 is 5.32 Å². The zero-order valence-corrected chi connectivity index (χ0v) is 17.5. The average molecular weight is 395 g/mol. The molecule has 0 aliphatic heterocycles. The van der Waals surface area contributed by atoms with Gasteiger partial charge in [-0.05, 0) is 42.9 Å². The maximum Gasteiger partial charge on any atom is 0.240 e. The van der Waals surface area contributed by atoms with Crippen molar-refractivity contribution in [1.29, 1.82) is 0 Å². The van der Waals surface area contributed by atoms with Crippen LogP contribution in [0.1, 0.15) is 70.8 Å². The lowest BCUT2D eigenvalue weighted by atomic mass is 9.96. The van der Waals surface area contributed by atoms with E-state index in [9.17, 15) is 13.2 Å². The summed E-state index contributed by atoms with van der Waals surface area (Å²) < 4.78 is 27.0. The Morgan fingerprint density at radius 1 is 1.04 bits per heavy atom. The Morgan fingerprint density at radius 3 is 2.22 bits per heavy atom. The van der Waals surface area contributed by atoms with Crippen molar-refractivity contribution in [2.45, 2.75) is 82.6 Å². The van der Waals surface area contributed by atoms with Gasteiger partial charge in [-0.15, -0.1) is 0 Å². The third-order valence-corrected chi connectivity index (χ3v) is 6.47. The quantitative estimate of drug-likeness (QED) is 0.704. The van der Waals surface area contributed by atoms with Gasteiger partial charge >= 0.3 is 0 Å². The lowest BCUT2D eigenvalue weighted by Gasteiger charge is -2.21. The molecule has 1 aliphatic rings. The fourth-order valence-corrected chi connectivity index (χ4v) is 4.57. The lowest BCUT2D eigenvalue weighted by molar-refractivity contribution is -0.121. The molecule has 1 fully saturated rings. The third kappa shape index (κ3) is 8.01. The van der Waals surface area contributed by atoms with Gasteiger partial charge in [0.05, 0.1) is 4.90 Å². The summed E-state index contributed by atoms with van der Waals surface area (Å²) in [5.41, 5.74) is 0.977. The number of amides is 1. The van der Waals surface area contributed by atoms with E-state index in [0.717, 1.165) is 18.4 Å². The van der Waals surface area contributed by atoms with Gasteiger partial charge in [0, 0.05) is 19.0 Å². The SMILES string of the molecule is CC(C)CNS(=O)(=O)c1ccc(CCC(=O)NC2CCCCCCC2)cc1. The molecule has 1 aromatic carbocycles. The fraction of sp³-hybridized carbons (Fsp3) is 0.667. The number of nitrogens with one attached hydrogen (secondary N) is 2. The number of carbonyl (C=O) groups is 1. The van der Waals surface area contributed by atoms with E-state index in [4.69, 9.17) is 0 Å². The van der Waals surface area contributed by atoms with Gasteiger partial charge in [0.25, 0.3) is 0 Å². The van der Waals surface area contributed by atoms with Crippen molar-refractivity contribution in [1.82, 2.24) is 10.0 Å². The van der Waals surface area contributed by atoms with Crippen molar-refractivity contribution in [3.63, 3.8) is 0 Å². The van der Waals surface area contributed by atoms with Crippen LogP contribution in [0.5, 0.6) is 0 Å². The molecule has 2 rings (SSSR count). The summed E-state index contributed by atoms with van der Waals surface area (Å²) in [6, 6.07) is 7.15. The molecule has 0 atom stereocenters. The largest absolute Gasteiger partial charge is 0.353 e. The lowest BCUT2D eigenvalue weighted by Crippen LogP contribution is -2.35. The maximum atomic E-state index is 12.2. The minimum atomic E-state index is -3.46. The zero-order valence-electron chi connectivity index (χ0n) is 16.7. The minimum absolute atomic E-state index is 0.0934. The number of hydrogen-bond acceptors (Lipinski definition) is 3. The van der Waals surface area contributed by atoms with Crippen LogP contribution in [0, 0.1) is 5.92 Å². The zero-order chi connectivity index (χ0) is 19.7. The molecular formula is C21H34N2O3S. The second-order valence-corrected chi connectivity index (χ2v) is 9.77. The number of hydrogen-bond donors (Lipinski definition) is 2. The first-order chi connectivity index (χ1) is 12.9. The number of benzene rings is 1. The highest BCUT2D eigenvalue weighted by atomic mass is 32.2. The van der Waals surface area contributed by atoms with Crippen LogP contribution in [0.15, 0.2) is 29.2 Å². The molecule has 0 radical (unpaired) electrons. The molecule has 0 spiro atoms. The van der Waals surface area contributed by atoms with Crippen LogP contribution >= 0.6 is 0 Å². The van der Waals surface area contributed by atoms with Crippen molar-refractivity contribution >= 4 is 15.9 Å². The Balaban J connectivity index is 1.81. The van der Waals surface area contributed by atoms with Crippen molar-refractivity contribution in [3.8, 4) is 0 Å². The van der Waals surface area contributed by atoms with E-state index in [1.807, 2.05) is 13.8 Å². The summed E-state index contributed by atoms with van der Waals surface area (Å²) >= 11 is 0. The van der Waals surface area contributed by atoms with E-state index in [0.29, 0.717) is 25.4 Å². The van der Waals surface area contributed by atoms with E-state index >= 15 is 0 Å². The van der Waals surface area contributed by atoms with Crippen LogP contribution in [0.25, 0.3) is 0 Å².